The molecule has 1 aliphatic carbocycles. The highest BCUT2D eigenvalue weighted by atomic mass is 32.1. The number of ether oxygens (including phenoxy) is 1. The summed E-state index contributed by atoms with van der Waals surface area (Å²) in [6.07, 6.45) is 4.69. The van der Waals surface area contributed by atoms with Crippen LogP contribution in [0.5, 0.6) is 0 Å². The third-order valence-electron chi connectivity index (χ3n) is 4.35. The van der Waals surface area contributed by atoms with Crippen molar-refractivity contribution in [2.24, 2.45) is 11.8 Å². The third kappa shape index (κ3) is 3.71. The highest BCUT2D eigenvalue weighted by Gasteiger charge is 2.34. The van der Waals surface area contributed by atoms with Crippen LogP contribution >= 0.6 is 11.3 Å². The van der Waals surface area contributed by atoms with E-state index in [0.717, 1.165) is 24.5 Å². The molecule has 0 saturated carbocycles. The Kier molecular flexibility index (Phi) is 4.85. The first-order valence-electron chi connectivity index (χ1n) is 7.63. The van der Waals surface area contributed by atoms with E-state index in [-0.39, 0.29) is 5.91 Å². The molecule has 0 unspecified atom stereocenters. The highest BCUT2D eigenvalue weighted by molar-refractivity contribution is 7.15. The molecule has 1 aromatic heterocycles. The number of likely N-dealkylation sites (tertiary alicyclic amines) is 1. The second-order valence-electron chi connectivity index (χ2n) is 6.19. The van der Waals surface area contributed by atoms with Gasteiger partial charge in [-0.2, -0.15) is 0 Å². The molecule has 1 saturated heterocycles. The molecule has 0 spiro atoms. The predicted octanol–water partition coefficient (Wildman–Crippen LogP) is 1.91. The molecule has 3 rings (SSSR count). The number of carbonyl (C=O) groups is 1. The normalized spacial score (nSPS) is 24.9. The maximum absolute atomic E-state index is 12.1. The van der Waals surface area contributed by atoms with Crippen LogP contribution in [0.15, 0.2) is 11.6 Å². The number of hydrogen-bond acceptors (Lipinski definition) is 6. The van der Waals surface area contributed by atoms with Crippen molar-refractivity contribution in [3.8, 4) is 0 Å². The summed E-state index contributed by atoms with van der Waals surface area (Å²) in [5.41, 5.74) is 1.49. The number of aromatic nitrogens is 2. The lowest BCUT2D eigenvalue weighted by molar-refractivity contribution is -0.117. The summed E-state index contributed by atoms with van der Waals surface area (Å²) in [4.78, 5) is 14.4. The van der Waals surface area contributed by atoms with Gasteiger partial charge in [-0.15, -0.1) is 10.2 Å². The molecule has 7 heteroatoms. The number of nitrogens with one attached hydrogen (secondary N) is 1. The summed E-state index contributed by atoms with van der Waals surface area (Å²) in [5.74, 6) is 1.42. The largest absolute Gasteiger partial charge is 0.377 e. The van der Waals surface area contributed by atoms with Gasteiger partial charge in [0.25, 0.3) is 0 Å². The summed E-state index contributed by atoms with van der Waals surface area (Å²) in [6, 6.07) is 0. The molecule has 0 radical (unpaired) electrons. The van der Waals surface area contributed by atoms with Crippen LogP contribution < -0.4 is 5.32 Å². The zero-order valence-electron chi connectivity index (χ0n) is 13.0. The van der Waals surface area contributed by atoms with Crippen molar-refractivity contribution in [3.63, 3.8) is 0 Å². The Morgan fingerprint density at radius 3 is 3.09 bits per heavy atom. The molecule has 22 heavy (non-hydrogen) atoms. The quantitative estimate of drug-likeness (QED) is 0.839. The molecule has 1 aromatic rings. The number of hydrogen-bond donors (Lipinski definition) is 1. The topological polar surface area (TPSA) is 67.4 Å². The average Bonchev–Trinajstić information content (AvgIpc) is 3.05. The Labute approximate surface area is 134 Å². The number of carbonyl (C=O) groups excluding carboxylic acids is 1. The van der Waals surface area contributed by atoms with Crippen molar-refractivity contribution >= 4 is 22.4 Å². The van der Waals surface area contributed by atoms with E-state index in [2.05, 4.69) is 33.4 Å². The molecule has 2 atom stereocenters. The first-order valence-corrected chi connectivity index (χ1v) is 8.45. The maximum Gasteiger partial charge on any atom is 0.240 e. The van der Waals surface area contributed by atoms with Gasteiger partial charge in [-0.25, -0.2) is 0 Å². The van der Waals surface area contributed by atoms with Gasteiger partial charge in [0.2, 0.25) is 11.0 Å². The lowest BCUT2D eigenvalue weighted by Crippen LogP contribution is -2.31. The second kappa shape index (κ2) is 6.85. The van der Waals surface area contributed by atoms with Crippen molar-refractivity contribution < 1.29 is 9.53 Å². The Bertz CT molecular complexity index is 572. The fourth-order valence-corrected chi connectivity index (χ4v) is 4.09. The van der Waals surface area contributed by atoms with Crippen LogP contribution in [0.25, 0.3) is 0 Å². The van der Waals surface area contributed by atoms with Gasteiger partial charge in [-0.05, 0) is 31.6 Å². The van der Waals surface area contributed by atoms with Crippen LogP contribution in [0, 0.1) is 11.8 Å². The zero-order chi connectivity index (χ0) is 15.5. The smallest absolute Gasteiger partial charge is 0.240 e. The van der Waals surface area contributed by atoms with E-state index in [0.29, 0.717) is 30.1 Å². The summed E-state index contributed by atoms with van der Waals surface area (Å²) >= 11 is 1.36. The number of amides is 1. The average molecular weight is 322 g/mol. The van der Waals surface area contributed by atoms with Crippen LogP contribution in [0.2, 0.25) is 0 Å². The van der Waals surface area contributed by atoms with Crippen molar-refractivity contribution in [2.45, 2.75) is 26.4 Å². The lowest BCUT2D eigenvalue weighted by atomic mass is 9.83. The van der Waals surface area contributed by atoms with Gasteiger partial charge in [0.15, 0.2) is 0 Å². The Balaban J connectivity index is 1.48. The minimum atomic E-state index is -0.0107. The number of rotatable bonds is 5. The van der Waals surface area contributed by atoms with E-state index in [9.17, 15) is 4.79 Å². The summed E-state index contributed by atoms with van der Waals surface area (Å²) in [7, 11) is 1.61. The molecule has 6 nitrogen and oxygen atoms in total. The van der Waals surface area contributed by atoms with E-state index in [1.54, 1.807) is 7.11 Å². The number of allylic oxidation sites excluding steroid dienone is 2. The monoisotopic (exact) mass is 322 g/mol. The molecule has 1 amide bonds. The fraction of sp³-hybridized carbons (Fsp3) is 0.667. The predicted molar refractivity (Wildman–Crippen MR) is 85.7 cm³/mol. The number of nitrogens with zero attached hydrogens (tertiary/aromatic N) is 3. The van der Waals surface area contributed by atoms with E-state index in [4.69, 9.17) is 4.74 Å². The molecule has 120 valence electrons. The number of methoxy groups -OCH3 is 1. The van der Waals surface area contributed by atoms with E-state index in [1.165, 1.54) is 23.3 Å². The van der Waals surface area contributed by atoms with Gasteiger partial charge >= 0.3 is 0 Å². The first kappa shape index (κ1) is 15.6. The Hall–Kier alpha value is -1.31. The second-order valence-corrected chi connectivity index (χ2v) is 7.25. The first-order chi connectivity index (χ1) is 10.6. The van der Waals surface area contributed by atoms with Crippen molar-refractivity contribution in [1.29, 1.82) is 0 Å². The summed E-state index contributed by atoms with van der Waals surface area (Å²) in [5, 5.41) is 12.1. The Morgan fingerprint density at radius 1 is 1.45 bits per heavy atom. The SMILES string of the molecule is COCc1nnc(NC(=O)CN2C[C@H]3CC=C(C)C[C@H]3C2)s1. The molecular formula is C15H22N4O2S. The minimum Gasteiger partial charge on any atom is -0.377 e. The lowest BCUT2D eigenvalue weighted by Gasteiger charge is -2.22. The zero-order valence-corrected chi connectivity index (χ0v) is 13.9. The van der Waals surface area contributed by atoms with Crippen molar-refractivity contribution in [3.05, 3.63) is 16.7 Å². The van der Waals surface area contributed by atoms with Crippen LogP contribution in [0.3, 0.4) is 0 Å². The van der Waals surface area contributed by atoms with E-state index < -0.39 is 0 Å². The minimum absolute atomic E-state index is 0.0107. The highest BCUT2D eigenvalue weighted by Crippen LogP contribution is 2.35. The molecular weight excluding hydrogens is 300 g/mol. The molecule has 1 aliphatic heterocycles. The van der Waals surface area contributed by atoms with Gasteiger partial charge in [0.1, 0.15) is 11.6 Å². The van der Waals surface area contributed by atoms with E-state index in [1.807, 2.05) is 0 Å². The van der Waals surface area contributed by atoms with Gasteiger partial charge in [0, 0.05) is 20.2 Å². The van der Waals surface area contributed by atoms with Gasteiger partial charge in [0.05, 0.1) is 6.54 Å². The van der Waals surface area contributed by atoms with Crippen LogP contribution in [-0.4, -0.2) is 47.7 Å². The van der Waals surface area contributed by atoms with Crippen LogP contribution in [0.4, 0.5) is 5.13 Å². The third-order valence-corrected chi connectivity index (χ3v) is 5.17. The van der Waals surface area contributed by atoms with Crippen molar-refractivity contribution in [1.82, 2.24) is 15.1 Å². The number of anilines is 1. The molecule has 0 aromatic carbocycles. The van der Waals surface area contributed by atoms with Gasteiger partial charge in [-0.3, -0.25) is 15.0 Å². The van der Waals surface area contributed by atoms with Gasteiger partial charge in [-0.1, -0.05) is 23.0 Å². The molecule has 1 N–H and O–H groups in total. The summed E-state index contributed by atoms with van der Waals surface area (Å²) in [6.45, 7) is 5.11. The standard InChI is InChI=1S/C15H22N4O2S/c1-10-3-4-11-6-19(7-12(11)5-10)8-13(20)16-15-18-17-14(22-15)9-21-2/h3,11-12H,4-9H2,1-2H3,(H,16,18,20)/t11-,12+/m1/s1. The number of fused-ring (bicyclic) bond motifs is 1. The van der Waals surface area contributed by atoms with E-state index >= 15 is 0 Å². The summed E-state index contributed by atoms with van der Waals surface area (Å²) < 4.78 is 5.00. The molecule has 1 fully saturated rings. The Morgan fingerprint density at radius 2 is 2.27 bits per heavy atom. The molecule has 2 heterocycles. The maximum atomic E-state index is 12.1. The van der Waals surface area contributed by atoms with Crippen LogP contribution in [-0.2, 0) is 16.1 Å². The molecule has 2 aliphatic rings. The molecule has 0 bridgehead atoms. The fourth-order valence-electron chi connectivity index (χ4n) is 3.36. The van der Waals surface area contributed by atoms with Crippen LogP contribution in [0.1, 0.15) is 24.8 Å². The van der Waals surface area contributed by atoms with Crippen molar-refractivity contribution in [2.75, 3.05) is 32.1 Å². The van der Waals surface area contributed by atoms with Gasteiger partial charge < -0.3 is 4.74 Å².